The van der Waals surface area contributed by atoms with Crippen molar-refractivity contribution in [3.05, 3.63) is 66.6 Å². The number of nitrogens with one attached hydrogen (secondary N) is 1. The van der Waals surface area contributed by atoms with Gasteiger partial charge in [-0.15, -0.1) is 5.10 Å². The lowest BCUT2D eigenvalue weighted by atomic mass is 10.1. The van der Waals surface area contributed by atoms with E-state index in [0.717, 1.165) is 37.6 Å². The van der Waals surface area contributed by atoms with Gasteiger partial charge in [0, 0.05) is 43.6 Å². The summed E-state index contributed by atoms with van der Waals surface area (Å²) in [6, 6.07) is 14.6. The number of hydrogen-bond acceptors (Lipinski definition) is 5. The van der Waals surface area contributed by atoms with Gasteiger partial charge in [0.2, 0.25) is 0 Å². The highest BCUT2D eigenvalue weighted by atomic mass is 15.3. The maximum absolute atomic E-state index is 4.46. The topological polar surface area (TPSA) is 58.9 Å². The van der Waals surface area contributed by atoms with Crippen molar-refractivity contribution in [1.29, 1.82) is 0 Å². The van der Waals surface area contributed by atoms with Gasteiger partial charge in [-0.3, -0.25) is 0 Å². The quantitative estimate of drug-likeness (QED) is 0.776. The second-order valence-corrected chi connectivity index (χ2v) is 6.38. The molecule has 1 fully saturated rings. The largest absolute Gasteiger partial charge is 0.354 e. The zero-order valence-corrected chi connectivity index (χ0v) is 14.1. The molecule has 1 aliphatic rings. The van der Waals surface area contributed by atoms with E-state index in [9.17, 15) is 0 Å². The molecule has 3 aromatic rings. The number of aromatic nitrogens is 4. The van der Waals surface area contributed by atoms with E-state index in [-0.39, 0.29) is 0 Å². The Kier molecular flexibility index (Phi) is 4.70. The molecule has 3 heterocycles. The van der Waals surface area contributed by atoms with Gasteiger partial charge < -0.3 is 10.2 Å². The maximum Gasteiger partial charge on any atom is 0.151 e. The Labute approximate surface area is 147 Å². The molecular weight excluding hydrogens is 312 g/mol. The zero-order chi connectivity index (χ0) is 16.9. The molecule has 0 amide bonds. The van der Waals surface area contributed by atoms with Crippen LogP contribution in [-0.4, -0.2) is 39.1 Å². The fourth-order valence-corrected chi connectivity index (χ4v) is 3.25. The number of piperidine rings is 1. The summed E-state index contributed by atoms with van der Waals surface area (Å²) in [6.07, 6.45) is 8.09. The lowest BCUT2D eigenvalue weighted by Gasteiger charge is -2.33. The number of hydrogen-bond donors (Lipinski definition) is 1. The molecule has 1 aliphatic heterocycles. The van der Waals surface area contributed by atoms with Gasteiger partial charge in [0.25, 0.3) is 0 Å². The van der Waals surface area contributed by atoms with Crippen molar-refractivity contribution < 1.29 is 0 Å². The van der Waals surface area contributed by atoms with E-state index in [2.05, 4.69) is 43.8 Å². The van der Waals surface area contributed by atoms with Gasteiger partial charge in [0.1, 0.15) is 0 Å². The molecule has 0 saturated carbocycles. The predicted molar refractivity (Wildman–Crippen MR) is 97.7 cm³/mol. The molecule has 4 rings (SSSR count). The number of benzene rings is 1. The molecular formula is C19H22N6. The molecule has 6 nitrogen and oxygen atoms in total. The standard InChI is InChI=1S/C19H22N6/c1-2-7-18(8-3-1)25-14-16(13-22-25)12-20-17-6-5-11-24(15-17)19-9-4-10-21-23-19/h1-4,7-10,13-14,17,20H,5-6,11-12,15H2. The molecule has 0 aliphatic carbocycles. The van der Waals surface area contributed by atoms with Crippen LogP contribution < -0.4 is 10.2 Å². The van der Waals surface area contributed by atoms with Crippen LogP contribution in [-0.2, 0) is 6.54 Å². The lowest BCUT2D eigenvalue weighted by molar-refractivity contribution is 0.419. The van der Waals surface area contributed by atoms with Crippen LogP contribution in [0, 0.1) is 0 Å². The first-order valence-electron chi connectivity index (χ1n) is 8.73. The molecule has 1 N–H and O–H groups in total. The first-order chi connectivity index (χ1) is 12.4. The highest BCUT2D eigenvalue weighted by Crippen LogP contribution is 2.17. The molecule has 0 radical (unpaired) electrons. The van der Waals surface area contributed by atoms with E-state index >= 15 is 0 Å². The van der Waals surface area contributed by atoms with Gasteiger partial charge in [-0.1, -0.05) is 18.2 Å². The van der Waals surface area contributed by atoms with Gasteiger partial charge in [-0.25, -0.2) is 4.68 Å². The summed E-state index contributed by atoms with van der Waals surface area (Å²) in [4.78, 5) is 2.31. The van der Waals surface area contributed by atoms with Crippen molar-refractivity contribution in [2.75, 3.05) is 18.0 Å². The third-order valence-electron chi connectivity index (χ3n) is 4.56. The number of rotatable bonds is 5. The van der Waals surface area contributed by atoms with E-state index in [1.165, 1.54) is 12.0 Å². The van der Waals surface area contributed by atoms with Crippen LogP contribution in [0.2, 0.25) is 0 Å². The highest BCUT2D eigenvalue weighted by molar-refractivity contribution is 5.37. The molecule has 6 heteroatoms. The van der Waals surface area contributed by atoms with E-state index in [0.29, 0.717) is 6.04 Å². The van der Waals surface area contributed by atoms with Crippen molar-refractivity contribution in [1.82, 2.24) is 25.3 Å². The highest BCUT2D eigenvalue weighted by Gasteiger charge is 2.20. The first kappa shape index (κ1) is 15.8. The average molecular weight is 334 g/mol. The van der Waals surface area contributed by atoms with Crippen LogP contribution >= 0.6 is 0 Å². The third kappa shape index (κ3) is 3.85. The van der Waals surface area contributed by atoms with Gasteiger partial charge in [0.05, 0.1) is 11.9 Å². The third-order valence-corrected chi connectivity index (χ3v) is 4.56. The van der Waals surface area contributed by atoms with Crippen molar-refractivity contribution in [2.45, 2.75) is 25.4 Å². The van der Waals surface area contributed by atoms with Crippen LogP contribution in [0.3, 0.4) is 0 Å². The fraction of sp³-hybridized carbons (Fsp3) is 0.316. The second-order valence-electron chi connectivity index (χ2n) is 6.38. The van der Waals surface area contributed by atoms with Gasteiger partial charge in [-0.05, 0) is 37.1 Å². The molecule has 0 bridgehead atoms. The first-order valence-corrected chi connectivity index (χ1v) is 8.73. The van der Waals surface area contributed by atoms with E-state index < -0.39 is 0 Å². The van der Waals surface area contributed by atoms with Crippen LogP contribution in [0.25, 0.3) is 5.69 Å². The fourth-order valence-electron chi connectivity index (χ4n) is 3.25. The summed E-state index contributed by atoms with van der Waals surface area (Å²) < 4.78 is 1.92. The Bertz CT molecular complexity index is 786. The monoisotopic (exact) mass is 334 g/mol. The summed E-state index contributed by atoms with van der Waals surface area (Å²) in [5, 5.41) is 16.3. The Balaban J connectivity index is 1.35. The average Bonchev–Trinajstić information content (AvgIpc) is 3.17. The van der Waals surface area contributed by atoms with E-state index in [4.69, 9.17) is 0 Å². The minimum absolute atomic E-state index is 0.454. The SMILES string of the molecule is c1ccc(-n2cc(CNC3CCCN(c4cccnn4)C3)cn2)cc1. The summed E-state index contributed by atoms with van der Waals surface area (Å²) in [5.74, 6) is 0.964. The molecule has 25 heavy (non-hydrogen) atoms. The molecule has 1 saturated heterocycles. The van der Waals surface area contributed by atoms with Crippen molar-refractivity contribution in [3.63, 3.8) is 0 Å². The van der Waals surface area contributed by atoms with Gasteiger partial charge >= 0.3 is 0 Å². The summed E-state index contributed by atoms with van der Waals surface area (Å²) in [5.41, 5.74) is 2.28. The molecule has 1 aromatic carbocycles. The summed E-state index contributed by atoms with van der Waals surface area (Å²) >= 11 is 0. The number of para-hydroxylation sites is 1. The van der Waals surface area contributed by atoms with Crippen LogP contribution in [0.15, 0.2) is 61.1 Å². The van der Waals surface area contributed by atoms with Crippen molar-refractivity contribution in [2.24, 2.45) is 0 Å². The second kappa shape index (κ2) is 7.44. The minimum atomic E-state index is 0.454. The Hall–Kier alpha value is -2.73. The van der Waals surface area contributed by atoms with Crippen LogP contribution in [0.1, 0.15) is 18.4 Å². The number of anilines is 1. The van der Waals surface area contributed by atoms with Gasteiger partial charge in [-0.2, -0.15) is 10.2 Å². The normalized spacial score (nSPS) is 17.6. The van der Waals surface area contributed by atoms with E-state index in [1.54, 1.807) is 6.20 Å². The van der Waals surface area contributed by atoms with Crippen LogP contribution in [0.4, 0.5) is 5.82 Å². The zero-order valence-electron chi connectivity index (χ0n) is 14.1. The smallest absolute Gasteiger partial charge is 0.151 e. The Morgan fingerprint density at radius 1 is 1.12 bits per heavy atom. The van der Waals surface area contributed by atoms with Crippen molar-refractivity contribution >= 4 is 5.82 Å². The molecule has 0 spiro atoms. The number of nitrogens with zero attached hydrogens (tertiary/aromatic N) is 5. The Morgan fingerprint density at radius 3 is 2.88 bits per heavy atom. The summed E-state index contributed by atoms with van der Waals surface area (Å²) in [7, 11) is 0. The van der Waals surface area contributed by atoms with E-state index in [1.807, 2.05) is 41.2 Å². The predicted octanol–water partition coefficient (Wildman–Crippen LogP) is 2.42. The van der Waals surface area contributed by atoms with Crippen LogP contribution in [0.5, 0.6) is 0 Å². The molecule has 1 unspecified atom stereocenters. The Morgan fingerprint density at radius 2 is 2.04 bits per heavy atom. The molecule has 2 aromatic heterocycles. The minimum Gasteiger partial charge on any atom is -0.354 e. The maximum atomic E-state index is 4.46. The van der Waals surface area contributed by atoms with Crippen molar-refractivity contribution in [3.8, 4) is 5.69 Å². The lowest BCUT2D eigenvalue weighted by Crippen LogP contribution is -2.45. The molecule has 1 atom stereocenters. The van der Waals surface area contributed by atoms with Gasteiger partial charge in [0.15, 0.2) is 5.82 Å². The summed E-state index contributed by atoms with van der Waals surface area (Å²) in [6.45, 7) is 2.83. The molecule has 128 valence electrons.